The molecule has 4 aromatic rings. The molecule has 150 valence electrons. The monoisotopic (exact) mass is 397 g/mol. The van der Waals surface area contributed by atoms with Gasteiger partial charge in [0, 0.05) is 11.1 Å². The van der Waals surface area contributed by atoms with Gasteiger partial charge in [0.15, 0.2) is 6.10 Å². The topological polar surface area (TPSA) is 47.6 Å². The van der Waals surface area contributed by atoms with Crippen LogP contribution >= 0.6 is 0 Å². The highest BCUT2D eigenvalue weighted by molar-refractivity contribution is 5.95. The third-order valence-electron chi connectivity index (χ3n) is 4.78. The maximum atomic E-state index is 12.8. The number of carbonyl (C=O) groups is 1. The van der Waals surface area contributed by atoms with Gasteiger partial charge in [-0.15, -0.1) is 0 Å². The summed E-state index contributed by atoms with van der Waals surface area (Å²) in [5, 5.41) is 5.01. The van der Waals surface area contributed by atoms with E-state index in [1.54, 1.807) is 0 Å². The van der Waals surface area contributed by atoms with Crippen molar-refractivity contribution < 1.29 is 14.3 Å². The van der Waals surface area contributed by atoms with Crippen LogP contribution in [0.25, 0.3) is 10.8 Å². The SMILES string of the molecule is CCC(Oc1cccc2ccccc12)C(=O)Nc1ccc(Oc2ccccc2)cc1. The summed E-state index contributed by atoms with van der Waals surface area (Å²) in [4.78, 5) is 12.8. The Morgan fingerprint density at radius 2 is 1.47 bits per heavy atom. The minimum absolute atomic E-state index is 0.179. The van der Waals surface area contributed by atoms with E-state index in [0.29, 0.717) is 23.6 Å². The molecule has 30 heavy (non-hydrogen) atoms. The minimum Gasteiger partial charge on any atom is -0.480 e. The molecule has 1 unspecified atom stereocenters. The molecule has 1 amide bonds. The number of hydrogen-bond acceptors (Lipinski definition) is 3. The Bertz CT molecular complexity index is 1120. The first-order valence-electron chi connectivity index (χ1n) is 10.0. The van der Waals surface area contributed by atoms with Crippen molar-refractivity contribution in [2.75, 3.05) is 5.32 Å². The minimum atomic E-state index is -0.587. The lowest BCUT2D eigenvalue weighted by Gasteiger charge is -2.18. The fourth-order valence-electron chi connectivity index (χ4n) is 3.23. The molecular weight excluding hydrogens is 374 g/mol. The summed E-state index contributed by atoms with van der Waals surface area (Å²) in [6, 6.07) is 30.7. The van der Waals surface area contributed by atoms with Crippen LogP contribution in [0.4, 0.5) is 5.69 Å². The maximum absolute atomic E-state index is 12.8. The van der Waals surface area contributed by atoms with Gasteiger partial charge in [0.2, 0.25) is 0 Å². The Kier molecular flexibility index (Phi) is 5.95. The molecule has 1 atom stereocenters. The van der Waals surface area contributed by atoms with Crippen LogP contribution in [0.5, 0.6) is 17.2 Å². The van der Waals surface area contributed by atoms with Crippen LogP contribution in [0, 0.1) is 0 Å². The lowest BCUT2D eigenvalue weighted by molar-refractivity contribution is -0.122. The Hall–Kier alpha value is -3.79. The van der Waals surface area contributed by atoms with Gasteiger partial charge in [-0.25, -0.2) is 0 Å². The average Bonchev–Trinajstić information content (AvgIpc) is 2.79. The zero-order valence-electron chi connectivity index (χ0n) is 16.7. The molecule has 0 bridgehead atoms. The van der Waals surface area contributed by atoms with E-state index in [1.807, 2.05) is 104 Å². The van der Waals surface area contributed by atoms with Crippen LogP contribution in [0.1, 0.15) is 13.3 Å². The number of para-hydroxylation sites is 1. The van der Waals surface area contributed by atoms with Gasteiger partial charge < -0.3 is 14.8 Å². The summed E-state index contributed by atoms with van der Waals surface area (Å²) < 4.78 is 11.9. The van der Waals surface area contributed by atoms with Crippen molar-refractivity contribution in [3.8, 4) is 17.2 Å². The van der Waals surface area contributed by atoms with Crippen LogP contribution < -0.4 is 14.8 Å². The van der Waals surface area contributed by atoms with Gasteiger partial charge in [-0.2, -0.15) is 0 Å². The van der Waals surface area contributed by atoms with Gasteiger partial charge in [-0.05, 0) is 54.3 Å². The van der Waals surface area contributed by atoms with E-state index in [-0.39, 0.29) is 5.91 Å². The normalized spacial score (nSPS) is 11.6. The first-order valence-corrected chi connectivity index (χ1v) is 10.0. The van der Waals surface area contributed by atoms with E-state index in [2.05, 4.69) is 5.32 Å². The smallest absolute Gasteiger partial charge is 0.265 e. The Morgan fingerprint density at radius 1 is 0.800 bits per heavy atom. The Labute approximate surface area is 176 Å². The third-order valence-corrected chi connectivity index (χ3v) is 4.78. The summed E-state index contributed by atoms with van der Waals surface area (Å²) in [7, 11) is 0. The van der Waals surface area contributed by atoms with E-state index < -0.39 is 6.10 Å². The molecule has 4 aromatic carbocycles. The number of amides is 1. The summed E-state index contributed by atoms with van der Waals surface area (Å²) >= 11 is 0. The molecule has 0 fully saturated rings. The van der Waals surface area contributed by atoms with E-state index in [0.717, 1.165) is 16.5 Å². The van der Waals surface area contributed by atoms with Gasteiger partial charge in [0.1, 0.15) is 17.2 Å². The van der Waals surface area contributed by atoms with Gasteiger partial charge in [0.05, 0.1) is 0 Å². The first-order chi connectivity index (χ1) is 14.7. The first kappa shape index (κ1) is 19.5. The van der Waals surface area contributed by atoms with Gasteiger partial charge >= 0.3 is 0 Å². The molecule has 0 aliphatic carbocycles. The van der Waals surface area contributed by atoms with Gasteiger partial charge in [-0.3, -0.25) is 4.79 Å². The number of nitrogens with one attached hydrogen (secondary N) is 1. The number of fused-ring (bicyclic) bond motifs is 1. The van der Waals surface area contributed by atoms with Crippen molar-refractivity contribution >= 4 is 22.4 Å². The molecule has 0 aromatic heterocycles. The fourth-order valence-corrected chi connectivity index (χ4v) is 3.23. The van der Waals surface area contributed by atoms with E-state index >= 15 is 0 Å². The van der Waals surface area contributed by atoms with Crippen LogP contribution in [-0.2, 0) is 4.79 Å². The molecule has 0 radical (unpaired) electrons. The molecule has 4 rings (SSSR count). The Morgan fingerprint density at radius 3 is 2.23 bits per heavy atom. The molecule has 4 nitrogen and oxygen atoms in total. The van der Waals surface area contributed by atoms with Crippen LogP contribution in [-0.4, -0.2) is 12.0 Å². The molecule has 0 aliphatic rings. The zero-order valence-corrected chi connectivity index (χ0v) is 16.7. The predicted molar refractivity (Wildman–Crippen MR) is 120 cm³/mol. The standard InChI is InChI=1S/C26H23NO3/c1-2-24(30-25-14-8-10-19-9-6-7-13-23(19)25)26(28)27-20-15-17-22(18-16-20)29-21-11-4-3-5-12-21/h3-18,24H,2H2,1H3,(H,27,28). The average molecular weight is 397 g/mol. The van der Waals surface area contributed by atoms with Gasteiger partial charge in [0.25, 0.3) is 5.91 Å². The summed E-state index contributed by atoms with van der Waals surface area (Å²) in [6.07, 6.45) is -0.0272. The summed E-state index contributed by atoms with van der Waals surface area (Å²) in [5.41, 5.74) is 0.695. The van der Waals surface area contributed by atoms with Crippen molar-refractivity contribution in [1.82, 2.24) is 0 Å². The van der Waals surface area contributed by atoms with Crippen molar-refractivity contribution in [3.05, 3.63) is 97.1 Å². The van der Waals surface area contributed by atoms with Crippen LogP contribution in [0.3, 0.4) is 0 Å². The van der Waals surface area contributed by atoms with Crippen molar-refractivity contribution in [2.24, 2.45) is 0 Å². The van der Waals surface area contributed by atoms with E-state index in [1.165, 1.54) is 0 Å². The summed E-state index contributed by atoms with van der Waals surface area (Å²) in [6.45, 7) is 1.94. The third kappa shape index (κ3) is 4.61. The largest absolute Gasteiger partial charge is 0.480 e. The van der Waals surface area contributed by atoms with Crippen molar-refractivity contribution in [1.29, 1.82) is 0 Å². The maximum Gasteiger partial charge on any atom is 0.265 e. The number of ether oxygens (including phenoxy) is 2. The predicted octanol–water partition coefficient (Wildman–Crippen LogP) is 6.43. The van der Waals surface area contributed by atoms with Crippen molar-refractivity contribution in [3.63, 3.8) is 0 Å². The van der Waals surface area contributed by atoms with Crippen LogP contribution in [0.2, 0.25) is 0 Å². The molecule has 0 spiro atoms. The number of carbonyl (C=O) groups excluding carboxylic acids is 1. The zero-order chi connectivity index (χ0) is 20.8. The number of anilines is 1. The molecule has 0 aliphatic heterocycles. The van der Waals surface area contributed by atoms with Crippen molar-refractivity contribution in [2.45, 2.75) is 19.4 Å². The number of rotatable bonds is 7. The number of hydrogen-bond donors (Lipinski definition) is 1. The quantitative estimate of drug-likeness (QED) is 0.391. The lowest BCUT2D eigenvalue weighted by Crippen LogP contribution is -2.32. The second-order valence-electron chi connectivity index (χ2n) is 6.92. The number of benzene rings is 4. The molecule has 0 heterocycles. The molecule has 0 saturated heterocycles. The molecule has 0 saturated carbocycles. The second-order valence-corrected chi connectivity index (χ2v) is 6.92. The van der Waals surface area contributed by atoms with E-state index in [4.69, 9.17) is 9.47 Å². The molecule has 4 heteroatoms. The van der Waals surface area contributed by atoms with Gasteiger partial charge in [-0.1, -0.05) is 61.5 Å². The lowest BCUT2D eigenvalue weighted by atomic mass is 10.1. The molecular formula is C26H23NO3. The fraction of sp³-hybridized carbons (Fsp3) is 0.115. The highest BCUT2D eigenvalue weighted by Crippen LogP contribution is 2.27. The second kappa shape index (κ2) is 9.14. The van der Waals surface area contributed by atoms with E-state index in [9.17, 15) is 4.79 Å². The highest BCUT2D eigenvalue weighted by Gasteiger charge is 2.19. The van der Waals surface area contributed by atoms with Crippen LogP contribution in [0.15, 0.2) is 97.1 Å². The highest BCUT2D eigenvalue weighted by atomic mass is 16.5. The summed E-state index contributed by atoms with van der Waals surface area (Å²) in [5.74, 6) is 2.01. The Balaban J connectivity index is 1.43. The molecule has 1 N–H and O–H groups in total.